The van der Waals surface area contributed by atoms with E-state index in [0.29, 0.717) is 44.6 Å². The fourth-order valence-corrected chi connectivity index (χ4v) is 9.85. The van der Waals surface area contributed by atoms with Gasteiger partial charge in [0.15, 0.2) is 0 Å². The van der Waals surface area contributed by atoms with E-state index < -0.39 is 23.8 Å². The van der Waals surface area contributed by atoms with Gasteiger partial charge in [0.1, 0.15) is 31.3 Å². The highest BCUT2D eigenvalue weighted by Gasteiger charge is 2.65. The van der Waals surface area contributed by atoms with Gasteiger partial charge in [0.25, 0.3) is 0 Å². The van der Waals surface area contributed by atoms with Crippen LogP contribution in [0.4, 0.5) is 4.79 Å². The second-order valence-corrected chi connectivity index (χ2v) is 16.4. The standard InChI is InChI=1S/C47H60N2O8S/c1-4-24-49(46(52)55-33-34-16-8-6-9-17-34)43-32-41(48-53-3)39-30-35(18-12-14-25-50)38(21-13-15-26-51)44-40-31-36(54-28-29-58-37-19-10-7-11-20-37)22-23-42(40)57-47(43,45(39)44)56-27-5-2/h5-11,16-17,19-20,22-23,30-31,35,38,43-45,50-51H,2,4,12-15,18,21,24-29,32-33H2,1,3H3. The predicted octanol–water partition coefficient (Wildman–Crippen LogP) is 9.17. The molecule has 3 aromatic rings. The number of hydrogen-bond acceptors (Lipinski definition) is 10. The third-order valence-electron chi connectivity index (χ3n) is 11.5. The highest BCUT2D eigenvalue weighted by Crippen LogP contribution is 2.62. The smallest absolute Gasteiger partial charge is 0.410 e. The molecule has 1 saturated carbocycles. The molecule has 0 spiro atoms. The molecule has 6 rings (SSSR count). The summed E-state index contributed by atoms with van der Waals surface area (Å²) in [5, 5.41) is 24.4. The molecule has 0 radical (unpaired) electrons. The molecule has 2 aliphatic carbocycles. The number of nitrogens with zero attached hydrogens (tertiary/aromatic N) is 2. The van der Waals surface area contributed by atoms with Crippen LogP contribution >= 0.6 is 11.8 Å². The molecule has 1 fully saturated rings. The van der Waals surface area contributed by atoms with Crippen molar-refractivity contribution in [1.82, 2.24) is 4.90 Å². The van der Waals surface area contributed by atoms with Gasteiger partial charge in [-0.3, -0.25) is 4.90 Å². The van der Waals surface area contributed by atoms with Gasteiger partial charge in [0.05, 0.1) is 24.8 Å². The second-order valence-electron chi connectivity index (χ2n) is 15.2. The number of benzene rings is 3. The first-order chi connectivity index (χ1) is 28.5. The minimum atomic E-state index is -1.34. The lowest BCUT2D eigenvalue weighted by Crippen LogP contribution is -2.70. The van der Waals surface area contributed by atoms with Gasteiger partial charge in [0.2, 0.25) is 5.79 Å². The zero-order valence-electron chi connectivity index (χ0n) is 34.0. The molecule has 0 saturated heterocycles. The number of fused-ring (bicyclic) bond motifs is 2. The number of carbonyl (C=O) groups excluding carboxylic acids is 1. The van der Waals surface area contributed by atoms with Crippen molar-refractivity contribution in [3.05, 3.63) is 114 Å². The van der Waals surface area contributed by atoms with Crippen molar-refractivity contribution >= 4 is 23.6 Å². The van der Waals surface area contributed by atoms with Crippen LogP contribution in [0.15, 0.2) is 113 Å². The molecule has 10 nitrogen and oxygen atoms in total. The van der Waals surface area contributed by atoms with Gasteiger partial charge in [-0.1, -0.05) is 85.6 Å². The highest BCUT2D eigenvalue weighted by molar-refractivity contribution is 7.99. The maximum absolute atomic E-state index is 14.4. The Kier molecular flexibility index (Phi) is 16.2. The summed E-state index contributed by atoms with van der Waals surface area (Å²) in [5.74, 6) is 0.608. The first-order valence-electron chi connectivity index (χ1n) is 20.9. The van der Waals surface area contributed by atoms with Crippen LogP contribution in [0.2, 0.25) is 0 Å². The summed E-state index contributed by atoms with van der Waals surface area (Å²) in [7, 11) is 1.56. The van der Waals surface area contributed by atoms with Crippen molar-refractivity contribution in [1.29, 1.82) is 0 Å². The Balaban J connectivity index is 1.46. The number of oxime groups is 1. The van der Waals surface area contributed by atoms with Crippen LogP contribution in [0.25, 0.3) is 0 Å². The zero-order valence-corrected chi connectivity index (χ0v) is 34.8. The van der Waals surface area contributed by atoms with E-state index in [1.807, 2.05) is 67.6 Å². The van der Waals surface area contributed by atoms with Gasteiger partial charge >= 0.3 is 6.09 Å². The van der Waals surface area contributed by atoms with Crippen molar-refractivity contribution in [2.45, 2.75) is 87.5 Å². The fourth-order valence-electron chi connectivity index (χ4n) is 9.10. The molecule has 0 bridgehead atoms. The molecular formula is C47H60N2O8S. The molecule has 312 valence electrons. The van der Waals surface area contributed by atoms with E-state index in [4.69, 9.17) is 23.8 Å². The average Bonchev–Trinajstić information content (AvgIpc) is 3.25. The maximum Gasteiger partial charge on any atom is 0.410 e. The summed E-state index contributed by atoms with van der Waals surface area (Å²) in [6.07, 6.45) is 9.42. The monoisotopic (exact) mass is 812 g/mol. The normalized spacial score (nSPS) is 23.8. The van der Waals surface area contributed by atoms with Crippen LogP contribution in [-0.4, -0.2) is 84.6 Å². The molecule has 2 N–H and O–H groups in total. The Hall–Kier alpha value is -4.29. The summed E-state index contributed by atoms with van der Waals surface area (Å²) in [6, 6.07) is 25.4. The highest BCUT2D eigenvalue weighted by atomic mass is 32.2. The SMILES string of the molecule is C=CCOC12Oc3ccc(OCCSc4ccccc4)cc3C3C(CCCCO)C(CCCCO)C=C(C(=NOC)CC1N(CCC)C(=O)OCc1ccccc1)C32. The van der Waals surface area contributed by atoms with Crippen molar-refractivity contribution < 1.29 is 38.8 Å². The first kappa shape index (κ1) is 43.3. The second kappa shape index (κ2) is 21.6. The van der Waals surface area contributed by atoms with E-state index in [0.717, 1.165) is 59.6 Å². The number of rotatable bonds is 22. The molecule has 0 aromatic heterocycles. The Morgan fingerprint density at radius 3 is 2.47 bits per heavy atom. The van der Waals surface area contributed by atoms with E-state index in [1.54, 1.807) is 29.8 Å². The molecule has 11 heteroatoms. The number of carbonyl (C=O) groups is 1. The number of unbranched alkanes of at least 4 members (excludes halogenated alkanes) is 2. The van der Waals surface area contributed by atoms with Crippen molar-refractivity contribution in [2.75, 3.05) is 45.8 Å². The zero-order chi connectivity index (χ0) is 40.7. The Bertz CT molecular complexity index is 1820. The summed E-state index contributed by atoms with van der Waals surface area (Å²) in [5.41, 5.74) is 3.65. The van der Waals surface area contributed by atoms with Gasteiger partial charge < -0.3 is 34.0 Å². The van der Waals surface area contributed by atoms with Crippen LogP contribution in [0.5, 0.6) is 11.5 Å². The largest absolute Gasteiger partial charge is 0.493 e. The Morgan fingerprint density at radius 2 is 1.76 bits per heavy atom. The predicted molar refractivity (Wildman–Crippen MR) is 228 cm³/mol. The topological polar surface area (TPSA) is 119 Å². The Labute approximate surface area is 348 Å². The summed E-state index contributed by atoms with van der Waals surface area (Å²) >= 11 is 1.75. The molecule has 3 aromatic carbocycles. The van der Waals surface area contributed by atoms with Gasteiger partial charge in [-0.05, 0) is 85.4 Å². The molecule has 1 aliphatic heterocycles. The van der Waals surface area contributed by atoms with E-state index in [1.165, 1.54) is 4.90 Å². The van der Waals surface area contributed by atoms with Crippen LogP contribution < -0.4 is 9.47 Å². The molecule has 3 aliphatic rings. The van der Waals surface area contributed by atoms with Gasteiger partial charge in [-0.25, -0.2) is 4.79 Å². The fraction of sp³-hybridized carbons (Fsp3) is 0.489. The van der Waals surface area contributed by atoms with Crippen LogP contribution in [-0.2, 0) is 20.9 Å². The number of thioether (sulfide) groups is 1. The number of amides is 1. The lowest BCUT2D eigenvalue weighted by atomic mass is 9.55. The van der Waals surface area contributed by atoms with Gasteiger partial charge in [-0.15, -0.1) is 18.3 Å². The minimum Gasteiger partial charge on any atom is -0.493 e. The Morgan fingerprint density at radius 1 is 1.02 bits per heavy atom. The summed E-state index contributed by atoms with van der Waals surface area (Å²) < 4.78 is 26.8. The van der Waals surface area contributed by atoms with Crippen LogP contribution in [0, 0.1) is 17.8 Å². The summed E-state index contributed by atoms with van der Waals surface area (Å²) in [4.78, 5) is 22.9. The lowest BCUT2D eigenvalue weighted by Gasteiger charge is -2.59. The molecule has 58 heavy (non-hydrogen) atoms. The minimum absolute atomic E-state index is 0.115. The van der Waals surface area contributed by atoms with Crippen LogP contribution in [0.3, 0.4) is 0 Å². The van der Waals surface area contributed by atoms with Crippen molar-refractivity contribution in [2.24, 2.45) is 22.9 Å². The number of allylic oxidation sites excluding steroid dienone is 1. The number of aliphatic hydroxyl groups excluding tert-OH is 2. The first-order valence-corrected chi connectivity index (χ1v) is 21.9. The lowest BCUT2D eigenvalue weighted by molar-refractivity contribution is -0.255. The number of aliphatic hydroxyl groups is 2. The van der Waals surface area contributed by atoms with Gasteiger partial charge in [-0.2, -0.15) is 0 Å². The van der Waals surface area contributed by atoms with E-state index in [2.05, 4.69) is 36.0 Å². The molecule has 6 atom stereocenters. The number of hydrogen-bond donors (Lipinski definition) is 2. The molecule has 6 unspecified atom stereocenters. The quantitative estimate of drug-likeness (QED) is 0.0443. The molecule has 1 heterocycles. The average molecular weight is 813 g/mol. The van der Waals surface area contributed by atoms with Crippen molar-refractivity contribution in [3.63, 3.8) is 0 Å². The van der Waals surface area contributed by atoms with E-state index in [9.17, 15) is 15.0 Å². The summed E-state index contributed by atoms with van der Waals surface area (Å²) in [6.45, 7) is 7.56. The van der Waals surface area contributed by atoms with Gasteiger partial charge in [0, 0.05) is 48.3 Å². The number of ether oxygens (including phenoxy) is 4. The van der Waals surface area contributed by atoms with Crippen LogP contribution in [0.1, 0.15) is 75.3 Å². The third kappa shape index (κ3) is 10.1. The van der Waals surface area contributed by atoms with E-state index in [-0.39, 0.29) is 44.2 Å². The van der Waals surface area contributed by atoms with E-state index >= 15 is 0 Å². The third-order valence-corrected chi connectivity index (χ3v) is 12.5. The molecule has 1 amide bonds. The molecular weight excluding hydrogens is 753 g/mol. The van der Waals surface area contributed by atoms with Crippen molar-refractivity contribution in [3.8, 4) is 11.5 Å². The maximum atomic E-state index is 14.4.